The molecule has 116 valence electrons. The van der Waals surface area contributed by atoms with E-state index in [1.165, 1.54) is 0 Å². The lowest BCUT2D eigenvalue weighted by molar-refractivity contribution is 0.0696. The van der Waals surface area contributed by atoms with Gasteiger partial charge in [0.25, 0.3) is 5.91 Å². The molecule has 0 aliphatic carbocycles. The predicted molar refractivity (Wildman–Crippen MR) is 88.0 cm³/mol. The largest absolute Gasteiger partial charge is 0.385 e. The number of carbonyl (C=O) groups excluding carboxylic acids is 1. The average Bonchev–Trinajstić information content (AvgIpc) is 2.59. The van der Waals surface area contributed by atoms with Crippen LogP contribution in [0.4, 0.5) is 5.69 Å². The third kappa shape index (κ3) is 3.76. The first kappa shape index (κ1) is 15.8. The van der Waals surface area contributed by atoms with Gasteiger partial charge < -0.3 is 15.1 Å². The number of rotatable bonds is 3. The second-order valence-electron chi connectivity index (χ2n) is 6.02. The van der Waals surface area contributed by atoms with Crippen LogP contribution in [0.5, 0.6) is 0 Å². The van der Waals surface area contributed by atoms with Crippen LogP contribution in [-0.4, -0.2) is 55.0 Å². The molecule has 4 heteroatoms. The molecule has 1 fully saturated rings. The van der Waals surface area contributed by atoms with E-state index in [0.29, 0.717) is 0 Å². The third-order valence-corrected chi connectivity index (χ3v) is 4.15. The van der Waals surface area contributed by atoms with Gasteiger partial charge in [-0.3, -0.25) is 4.79 Å². The van der Waals surface area contributed by atoms with Gasteiger partial charge in [-0.1, -0.05) is 0 Å². The molecular weight excluding hydrogens is 262 g/mol. The molecular formula is C17H27N3O. The first-order valence-corrected chi connectivity index (χ1v) is 7.87. The summed E-state index contributed by atoms with van der Waals surface area (Å²) in [6.45, 7) is 9.97. The Morgan fingerprint density at radius 2 is 2.14 bits per heavy atom. The van der Waals surface area contributed by atoms with Gasteiger partial charge in [0.05, 0.1) is 0 Å². The summed E-state index contributed by atoms with van der Waals surface area (Å²) in [6, 6.07) is 6.28. The number of anilines is 1. The molecule has 1 aromatic carbocycles. The summed E-state index contributed by atoms with van der Waals surface area (Å²) in [4.78, 5) is 17.2. The number of amides is 1. The topological polar surface area (TPSA) is 35.6 Å². The van der Waals surface area contributed by atoms with Crippen LogP contribution in [0.15, 0.2) is 18.2 Å². The maximum Gasteiger partial charge on any atom is 0.254 e. The van der Waals surface area contributed by atoms with Gasteiger partial charge in [0.1, 0.15) is 0 Å². The average molecular weight is 289 g/mol. The van der Waals surface area contributed by atoms with Crippen LogP contribution in [0.2, 0.25) is 0 Å². The fourth-order valence-electron chi connectivity index (χ4n) is 3.05. The fraction of sp³-hybridized carbons (Fsp3) is 0.588. The first-order chi connectivity index (χ1) is 10.0. The fourth-order valence-corrected chi connectivity index (χ4v) is 3.05. The quantitative estimate of drug-likeness (QED) is 0.929. The lowest BCUT2D eigenvalue weighted by atomic mass is 10.1. The van der Waals surface area contributed by atoms with E-state index in [4.69, 9.17) is 0 Å². The zero-order valence-electron chi connectivity index (χ0n) is 13.6. The van der Waals surface area contributed by atoms with Crippen molar-refractivity contribution >= 4 is 11.6 Å². The highest BCUT2D eigenvalue weighted by Crippen LogP contribution is 2.19. The number of nitrogens with one attached hydrogen (secondary N) is 1. The Balaban J connectivity index is 2.18. The highest BCUT2D eigenvalue weighted by atomic mass is 16.2. The minimum atomic E-state index is 0.165. The molecule has 1 N–H and O–H groups in total. The number of aryl methyl sites for hydroxylation is 1. The van der Waals surface area contributed by atoms with Gasteiger partial charge in [-0.15, -0.1) is 0 Å². The summed E-state index contributed by atoms with van der Waals surface area (Å²) in [5.74, 6) is 0.165. The molecule has 1 aromatic rings. The van der Waals surface area contributed by atoms with Crippen molar-refractivity contribution in [3.8, 4) is 0 Å². The van der Waals surface area contributed by atoms with Crippen molar-refractivity contribution in [3.05, 3.63) is 29.3 Å². The van der Waals surface area contributed by atoms with Crippen LogP contribution < -0.4 is 5.32 Å². The van der Waals surface area contributed by atoms with Gasteiger partial charge in [0.2, 0.25) is 0 Å². The molecule has 1 unspecified atom stereocenters. The van der Waals surface area contributed by atoms with Gasteiger partial charge in [-0.25, -0.2) is 0 Å². The highest BCUT2D eigenvalue weighted by Gasteiger charge is 2.25. The van der Waals surface area contributed by atoms with Crippen LogP contribution >= 0.6 is 0 Å². The second-order valence-corrected chi connectivity index (χ2v) is 6.02. The summed E-state index contributed by atoms with van der Waals surface area (Å²) in [6.07, 6.45) is 1.04. The van der Waals surface area contributed by atoms with Crippen LogP contribution in [0.1, 0.15) is 36.2 Å². The SMILES string of the molecule is CCNc1ccc(C(=O)N2CCCN(C)CC2C)c(C)c1. The molecule has 1 amide bonds. The molecule has 1 saturated heterocycles. The van der Waals surface area contributed by atoms with E-state index in [1.807, 2.05) is 24.0 Å². The van der Waals surface area contributed by atoms with Crippen LogP contribution in [0, 0.1) is 6.92 Å². The maximum absolute atomic E-state index is 12.8. The summed E-state index contributed by atoms with van der Waals surface area (Å²) < 4.78 is 0. The molecule has 4 nitrogen and oxygen atoms in total. The molecule has 0 spiro atoms. The van der Waals surface area contributed by atoms with Gasteiger partial charge in [0.15, 0.2) is 0 Å². The molecule has 2 rings (SSSR count). The lowest BCUT2D eigenvalue weighted by Gasteiger charge is -2.28. The number of carbonyl (C=O) groups is 1. The summed E-state index contributed by atoms with van der Waals surface area (Å²) in [7, 11) is 2.13. The Morgan fingerprint density at radius 3 is 2.81 bits per heavy atom. The Hall–Kier alpha value is -1.55. The molecule has 0 saturated carbocycles. The summed E-state index contributed by atoms with van der Waals surface area (Å²) >= 11 is 0. The van der Waals surface area contributed by atoms with Crippen molar-refractivity contribution in [2.75, 3.05) is 38.5 Å². The first-order valence-electron chi connectivity index (χ1n) is 7.87. The minimum Gasteiger partial charge on any atom is -0.385 e. The number of nitrogens with zero attached hydrogens (tertiary/aromatic N) is 2. The number of benzene rings is 1. The molecule has 1 aliphatic rings. The van der Waals surface area contributed by atoms with Gasteiger partial charge in [0, 0.05) is 36.9 Å². The smallest absolute Gasteiger partial charge is 0.254 e. The molecule has 0 radical (unpaired) electrons. The second kappa shape index (κ2) is 6.94. The van der Waals surface area contributed by atoms with Gasteiger partial charge in [-0.05, 0) is 64.5 Å². The molecule has 1 heterocycles. The van der Waals surface area contributed by atoms with Gasteiger partial charge in [-0.2, -0.15) is 0 Å². The van der Waals surface area contributed by atoms with Crippen molar-refractivity contribution in [2.45, 2.75) is 33.2 Å². The van der Waals surface area contributed by atoms with E-state index >= 15 is 0 Å². The maximum atomic E-state index is 12.8. The monoisotopic (exact) mass is 289 g/mol. The van der Waals surface area contributed by atoms with E-state index in [0.717, 1.165) is 49.4 Å². The molecule has 1 atom stereocenters. The van der Waals surface area contributed by atoms with E-state index < -0.39 is 0 Å². The normalized spacial score (nSPS) is 20.2. The summed E-state index contributed by atoms with van der Waals surface area (Å²) in [5.41, 5.74) is 2.95. The Bertz CT molecular complexity index is 501. The number of hydrogen-bond acceptors (Lipinski definition) is 3. The molecule has 1 aliphatic heterocycles. The van der Waals surface area contributed by atoms with Gasteiger partial charge >= 0.3 is 0 Å². The molecule has 21 heavy (non-hydrogen) atoms. The number of hydrogen-bond donors (Lipinski definition) is 1. The highest BCUT2D eigenvalue weighted by molar-refractivity contribution is 5.96. The zero-order chi connectivity index (χ0) is 15.4. The van der Waals surface area contributed by atoms with Crippen LogP contribution in [0.25, 0.3) is 0 Å². The van der Waals surface area contributed by atoms with Crippen molar-refractivity contribution in [2.24, 2.45) is 0 Å². The van der Waals surface area contributed by atoms with E-state index in [9.17, 15) is 4.79 Å². The van der Waals surface area contributed by atoms with Crippen LogP contribution in [0.3, 0.4) is 0 Å². The third-order valence-electron chi connectivity index (χ3n) is 4.15. The minimum absolute atomic E-state index is 0.165. The lowest BCUT2D eigenvalue weighted by Crippen LogP contribution is -2.42. The van der Waals surface area contributed by atoms with Crippen LogP contribution in [-0.2, 0) is 0 Å². The molecule has 0 aromatic heterocycles. The van der Waals surface area contributed by atoms with Crippen molar-refractivity contribution in [1.29, 1.82) is 0 Å². The zero-order valence-corrected chi connectivity index (χ0v) is 13.6. The Kier molecular flexibility index (Phi) is 5.23. The summed E-state index contributed by atoms with van der Waals surface area (Å²) in [5, 5.41) is 3.29. The number of likely N-dealkylation sites (N-methyl/N-ethyl adjacent to an activating group) is 1. The Morgan fingerprint density at radius 1 is 1.38 bits per heavy atom. The van der Waals surface area contributed by atoms with E-state index in [-0.39, 0.29) is 11.9 Å². The Labute approximate surface area is 128 Å². The van der Waals surface area contributed by atoms with Crippen molar-refractivity contribution in [3.63, 3.8) is 0 Å². The molecule has 0 bridgehead atoms. The van der Waals surface area contributed by atoms with Crippen molar-refractivity contribution in [1.82, 2.24) is 9.80 Å². The predicted octanol–water partition coefficient (Wildman–Crippen LogP) is 2.59. The van der Waals surface area contributed by atoms with E-state index in [2.05, 4.69) is 37.2 Å². The standard InChI is InChI=1S/C17H27N3O/c1-5-18-15-7-8-16(13(2)11-15)17(21)20-10-6-9-19(4)12-14(20)3/h7-8,11,14,18H,5-6,9-10,12H2,1-4H3. The van der Waals surface area contributed by atoms with E-state index in [1.54, 1.807) is 0 Å². The van der Waals surface area contributed by atoms with Crippen molar-refractivity contribution < 1.29 is 4.79 Å².